The van der Waals surface area contributed by atoms with Crippen LogP contribution in [0, 0.1) is 0 Å². The minimum absolute atomic E-state index is 0.0957. The Morgan fingerprint density at radius 2 is 2.08 bits per heavy atom. The molecule has 1 rings (SSSR count). The van der Waals surface area contributed by atoms with Gasteiger partial charge in [0.2, 0.25) is 5.28 Å². The van der Waals surface area contributed by atoms with E-state index in [1.807, 2.05) is 14.1 Å². The third-order valence-corrected chi connectivity index (χ3v) is 1.44. The van der Waals surface area contributed by atoms with Crippen molar-refractivity contribution in [2.45, 2.75) is 0 Å². The van der Waals surface area contributed by atoms with Crippen molar-refractivity contribution >= 4 is 35.4 Å². The zero-order chi connectivity index (χ0) is 9.84. The van der Waals surface area contributed by atoms with Gasteiger partial charge >= 0.3 is 0 Å². The van der Waals surface area contributed by atoms with Gasteiger partial charge in [0.15, 0.2) is 5.82 Å². The molecule has 0 spiro atoms. The van der Waals surface area contributed by atoms with E-state index < -0.39 is 0 Å². The van der Waals surface area contributed by atoms with E-state index in [-0.39, 0.29) is 10.4 Å². The Labute approximate surface area is 86.2 Å². The summed E-state index contributed by atoms with van der Waals surface area (Å²) in [5.41, 5.74) is 0. The Morgan fingerprint density at radius 1 is 1.38 bits per heavy atom. The van der Waals surface area contributed by atoms with Crippen molar-refractivity contribution in [2.75, 3.05) is 14.1 Å². The van der Waals surface area contributed by atoms with E-state index in [1.54, 1.807) is 11.2 Å². The maximum atomic E-state index is 5.64. The highest BCUT2D eigenvalue weighted by Gasteiger charge is 1.98. The number of halogens is 2. The summed E-state index contributed by atoms with van der Waals surface area (Å²) in [5.74, 6) is 0.443. The highest BCUT2D eigenvalue weighted by atomic mass is 35.5. The third kappa shape index (κ3) is 3.57. The van der Waals surface area contributed by atoms with E-state index in [1.165, 1.54) is 6.07 Å². The van der Waals surface area contributed by atoms with Gasteiger partial charge in [-0.3, -0.25) is 0 Å². The van der Waals surface area contributed by atoms with E-state index in [0.717, 1.165) is 0 Å². The molecule has 0 bridgehead atoms. The largest absolute Gasteiger partial charge is 0.369 e. The second-order valence-electron chi connectivity index (χ2n) is 2.53. The molecule has 4 nitrogen and oxygen atoms in total. The van der Waals surface area contributed by atoms with Crippen LogP contribution in [-0.4, -0.2) is 35.3 Å². The second kappa shape index (κ2) is 4.39. The van der Waals surface area contributed by atoms with Crippen molar-refractivity contribution in [3.05, 3.63) is 16.5 Å². The van der Waals surface area contributed by atoms with Gasteiger partial charge in [-0.2, -0.15) is 4.98 Å². The smallest absolute Gasteiger partial charge is 0.225 e. The molecule has 6 heteroatoms. The van der Waals surface area contributed by atoms with Crippen LogP contribution in [0.1, 0.15) is 0 Å². The Morgan fingerprint density at radius 3 is 2.62 bits per heavy atom. The number of rotatable bonds is 2. The summed E-state index contributed by atoms with van der Waals surface area (Å²) in [4.78, 5) is 13.3. The second-order valence-corrected chi connectivity index (χ2v) is 3.25. The molecule has 0 saturated heterocycles. The zero-order valence-electron chi connectivity index (χ0n) is 7.20. The quantitative estimate of drug-likeness (QED) is 0.330. The monoisotopic (exact) mass is 218 g/mol. The average molecular weight is 219 g/mol. The molecule has 0 atom stereocenters. The Bertz CT molecular complexity index is 304. The van der Waals surface area contributed by atoms with Gasteiger partial charge < -0.3 is 4.90 Å². The number of hydrogen-bond donors (Lipinski definition) is 0. The molecule has 1 heterocycles. The molecular formula is C7H8Cl2N4. The summed E-state index contributed by atoms with van der Waals surface area (Å²) in [6.45, 7) is 0. The summed E-state index contributed by atoms with van der Waals surface area (Å²) < 4.78 is 0. The lowest BCUT2D eigenvalue weighted by Gasteiger charge is -2.01. The van der Waals surface area contributed by atoms with Gasteiger partial charge in [0.25, 0.3) is 0 Å². The van der Waals surface area contributed by atoms with Gasteiger partial charge in [0, 0.05) is 20.2 Å². The predicted molar refractivity (Wildman–Crippen MR) is 53.9 cm³/mol. The number of hydrogen-bond acceptors (Lipinski definition) is 3. The molecule has 0 N–H and O–H groups in total. The summed E-state index contributed by atoms with van der Waals surface area (Å²) in [6, 6.07) is 1.54. The molecule has 13 heavy (non-hydrogen) atoms. The molecule has 1 aromatic heterocycles. The molecule has 0 saturated carbocycles. The van der Waals surface area contributed by atoms with Gasteiger partial charge in [0.05, 0.1) is 6.34 Å². The maximum absolute atomic E-state index is 5.64. The number of aromatic nitrogens is 2. The molecule has 0 aliphatic carbocycles. The summed E-state index contributed by atoms with van der Waals surface area (Å²) >= 11 is 11.2. The maximum Gasteiger partial charge on any atom is 0.225 e. The van der Waals surface area contributed by atoms with Crippen molar-refractivity contribution in [3.63, 3.8) is 0 Å². The van der Waals surface area contributed by atoms with Crippen molar-refractivity contribution < 1.29 is 0 Å². The van der Waals surface area contributed by atoms with Crippen LogP contribution in [0.15, 0.2) is 11.1 Å². The van der Waals surface area contributed by atoms with Crippen LogP contribution in [0.2, 0.25) is 10.4 Å². The molecule has 0 amide bonds. The van der Waals surface area contributed by atoms with Crippen LogP contribution in [0.3, 0.4) is 0 Å². The van der Waals surface area contributed by atoms with Gasteiger partial charge in [0.1, 0.15) is 5.15 Å². The zero-order valence-corrected chi connectivity index (χ0v) is 8.71. The molecule has 0 aliphatic heterocycles. The normalized spacial score (nSPS) is 10.8. The van der Waals surface area contributed by atoms with Gasteiger partial charge in [-0.15, -0.1) is 0 Å². The fraction of sp³-hybridized carbons (Fsp3) is 0.286. The SMILES string of the molecule is CN(C)/C=N/c1cc(Cl)nc(Cl)n1. The summed E-state index contributed by atoms with van der Waals surface area (Å²) in [5, 5.41) is 0.379. The molecule has 1 aromatic rings. The standard InChI is InChI=1S/C7H8Cl2N4/c1-13(2)4-10-6-3-5(8)11-7(9)12-6/h3-4H,1-2H3/b10-4+. The van der Waals surface area contributed by atoms with Crippen molar-refractivity contribution in [1.29, 1.82) is 0 Å². The highest BCUT2D eigenvalue weighted by molar-refractivity contribution is 6.32. The third-order valence-electron chi connectivity index (χ3n) is 1.08. The first kappa shape index (κ1) is 10.2. The van der Waals surface area contributed by atoms with E-state index in [0.29, 0.717) is 5.82 Å². The molecule has 0 radical (unpaired) electrons. The molecule has 0 aromatic carbocycles. The highest BCUT2D eigenvalue weighted by Crippen LogP contribution is 2.16. The minimum atomic E-state index is 0.0957. The van der Waals surface area contributed by atoms with E-state index >= 15 is 0 Å². The predicted octanol–water partition coefficient (Wildman–Crippen LogP) is 2.00. The number of aliphatic imine (C=N–C) groups is 1. The first-order valence-corrected chi connectivity index (χ1v) is 4.24. The molecule has 0 fully saturated rings. The lowest BCUT2D eigenvalue weighted by Crippen LogP contribution is -2.07. The molecule has 70 valence electrons. The van der Waals surface area contributed by atoms with Gasteiger partial charge in [-0.1, -0.05) is 11.6 Å². The van der Waals surface area contributed by atoms with Gasteiger partial charge in [-0.05, 0) is 11.6 Å². The lowest BCUT2D eigenvalue weighted by molar-refractivity contribution is 0.643. The summed E-state index contributed by atoms with van der Waals surface area (Å²) in [6.07, 6.45) is 1.61. The fourth-order valence-electron chi connectivity index (χ4n) is 0.619. The Balaban J connectivity index is 2.89. The first-order chi connectivity index (χ1) is 6.08. The van der Waals surface area contributed by atoms with Crippen LogP contribution >= 0.6 is 23.2 Å². The number of nitrogens with zero attached hydrogens (tertiary/aromatic N) is 4. The molecule has 0 unspecified atom stereocenters. The fourth-order valence-corrected chi connectivity index (χ4v) is 1.02. The van der Waals surface area contributed by atoms with E-state index in [2.05, 4.69) is 15.0 Å². The van der Waals surface area contributed by atoms with Crippen molar-refractivity contribution in [2.24, 2.45) is 4.99 Å². The Hall–Kier alpha value is -0.870. The van der Waals surface area contributed by atoms with Crippen molar-refractivity contribution in [3.8, 4) is 0 Å². The molecule has 0 aliphatic rings. The average Bonchev–Trinajstić information content (AvgIpc) is 1.99. The van der Waals surface area contributed by atoms with E-state index in [4.69, 9.17) is 23.2 Å². The van der Waals surface area contributed by atoms with Gasteiger partial charge in [-0.25, -0.2) is 9.98 Å². The van der Waals surface area contributed by atoms with Crippen LogP contribution in [0.5, 0.6) is 0 Å². The lowest BCUT2D eigenvalue weighted by atomic mass is 10.6. The van der Waals surface area contributed by atoms with Crippen molar-refractivity contribution in [1.82, 2.24) is 14.9 Å². The molecular weight excluding hydrogens is 211 g/mol. The topological polar surface area (TPSA) is 41.4 Å². The van der Waals surface area contributed by atoms with Crippen LogP contribution in [0.4, 0.5) is 5.82 Å². The Kier molecular flexibility index (Phi) is 3.45. The van der Waals surface area contributed by atoms with E-state index in [9.17, 15) is 0 Å². The summed E-state index contributed by atoms with van der Waals surface area (Å²) in [7, 11) is 3.71. The van der Waals surface area contributed by atoms with Crippen LogP contribution in [0.25, 0.3) is 0 Å². The van der Waals surface area contributed by atoms with Crippen LogP contribution < -0.4 is 0 Å². The minimum Gasteiger partial charge on any atom is -0.369 e. The first-order valence-electron chi connectivity index (χ1n) is 3.48. The van der Waals surface area contributed by atoms with Crippen LogP contribution in [-0.2, 0) is 0 Å².